The summed E-state index contributed by atoms with van der Waals surface area (Å²) in [5.74, 6) is 0.805. The van der Waals surface area contributed by atoms with Gasteiger partial charge in [0, 0.05) is 11.7 Å². The summed E-state index contributed by atoms with van der Waals surface area (Å²) in [6, 6.07) is 3.69. The normalized spacial score (nSPS) is 18.8. The summed E-state index contributed by atoms with van der Waals surface area (Å²) < 4.78 is 0. The summed E-state index contributed by atoms with van der Waals surface area (Å²) in [6.45, 7) is 2.18. The maximum absolute atomic E-state index is 5.93. The molecule has 1 aliphatic rings. The summed E-state index contributed by atoms with van der Waals surface area (Å²) >= 11 is 5.93. The summed E-state index contributed by atoms with van der Waals surface area (Å²) in [7, 11) is 0. The van der Waals surface area contributed by atoms with Gasteiger partial charge in [-0.15, -0.1) is 0 Å². The van der Waals surface area contributed by atoms with Crippen molar-refractivity contribution in [1.82, 2.24) is 4.98 Å². The van der Waals surface area contributed by atoms with Crippen LogP contribution >= 0.6 is 11.6 Å². The molecule has 0 atom stereocenters. The van der Waals surface area contributed by atoms with Gasteiger partial charge in [-0.3, -0.25) is 0 Å². The van der Waals surface area contributed by atoms with Gasteiger partial charge in [-0.2, -0.15) is 0 Å². The van der Waals surface area contributed by atoms with Crippen molar-refractivity contribution in [3.05, 3.63) is 23.4 Å². The fourth-order valence-corrected chi connectivity index (χ4v) is 1.24. The van der Waals surface area contributed by atoms with E-state index in [1.54, 1.807) is 6.20 Å². The van der Waals surface area contributed by atoms with Crippen LogP contribution in [-0.4, -0.2) is 10.5 Å². The Hall–Kier alpha value is -0.760. The van der Waals surface area contributed by atoms with Gasteiger partial charge in [-0.25, -0.2) is 4.98 Å². The Morgan fingerprint density at radius 3 is 2.92 bits per heavy atom. The van der Waals surface area contributed by atoms with Crippen molar-refractivity contribution in [3.63, 3.8) is 0 Å². The van der Waals surface area contributed by atoms with E-state index in [1.165, 1.54) is 12.8 Å². The van der Waals surface area contributed by atoms with Crippen molar-refractivity contribution in [2.75, 3.05) is 5.32 Å². The van der Waals surface area contributed by atoms with Crippen LogP contribution in [0.25, 0.3) is 0 Å². The summed E-state index contributed by atoms with van der Waals surface area (Å²) in [4.78, 5) is 4.16. The van der Waals surface area contributed by atoms with Crippen molar-refractivity contribution in [2.45, 2.75) is 25.3 Å². The van der Waals surface area contributed by atoms with Crippen LogP contribution in [0.15, 0.2) is 18.3 Å². The van der Waals surface area contributed by atoms with Gasteiger partial charge in [-0.1, -0.05) is 11.6 Å². The minimum atomic E-state index is 0.248. The Morgan fingerprint density at radius 1 is 1.58 bits per heavy atom. The minimum absolute atomic E-state index is 0.248. The minimum Gasteiger partial charge on any atom is -0.364 e. The molecule has 1 aliphatic carbocycles. The van der Waals surface area contributed by atoms with E-state index < -0.39 is 0 Å². The van der Waals surface area contributed by atoms with Crippen molar-refractivity contribution < 1.29 is 0 Å². The molecular formula is C9H11ClN2. The Balaban J connectivity index is 2.17. The predicted octanol–water partition coefficient (Wildman–Crippen LogP) is 2.70. The monoisotopic (exact) mass is 182 g/mol. The summed E-state index contributed by atoms with van der Waals surface area (Å²) in [6.07, 6.45) is 4.17. The van der Waals surface area contributed by atoms with Crippen LogP contribution in [0.4, 0.5) is 5.82 Å². The number of rotatable bonds is 2. The molecule has 1 aromatic rings. The Bertz CT molecular complexity index is 294. The number of hydrogen-bond acceptors (Lipinski definition) is 2. The van der Waals surface area contributed by atoms with Crippen LogP contribution in [-0.2, 0) is 0 Å². The molecule has 0 spiro atoms. The number of aromatic nitrogens is 1. The molecule has 64 valence electrons. The maximum Gasteiger partial charge on any atom is 0.145 e. The van der Waals surface area contributed by atoms with E-state index in [4.69, 9.17) is 11.6 Å². The molecule has 2 nitrogen and oxygen atoms in total. The van der Waals surface area contributed by atoms with Crippen LogP contribution < -0.4 is 5.32 Å². The second kappa shape index (κ2) is 2.63. The van der Waals surface area contributed by atoms with E-state index in [-0.39, 0.29) is 5.54 Å². The highest BCUT2D eigenvalue weighted by Gasteiger charge is 2.37. The third kappa shape index (κ3) is 1.53. The number of halogens is 1. The zero-order valence-corrected chi connectivity index (χ0v) is 7.73. The van der Waals surface area contributed by atoms with Crippen LogP contribution in [0.1, 0.15) is 19.8 Å². The third-order valence-corrected chi connectivity index (χ3v) is 2.48. The van der Waals surface area contributed by atoms with E-state index in [1.807, 2.05) is 12.1 Å². The quantitative estimate of drug-likeness (QED) is 0.761. The van der Waals surface area contributed by atoms with Crippen LogP contribution in [0.5, 0.6) is 0 Å². The lowest BCUT2D eigenvalue weighted by atomic mass is 10.3. The molecule has 0 bridgehead atoms. The Morgan fingerprint density at radius 2 is 2.33 bits per heavy atom. The molecule has 0 aliphatic heterocycles. The molecule has 2 rings (SSSR count). The molecule has 0 amide bonds. The standard InChI is InChI=1S/C9H11ClN2/c1-9(4-5-9)12-8-7(10)3-2-6-11-8/h2-3,6H,4-5H2,1H3,(H,11,12). The highest BCUT2D eigenvalue weighted by Crippen LogP contribution is 2.38. The molecule has 0 saturated heterocycles. The van der Waals surface area contributed by atoms with Crippen molar-refractivity contribution in [1.29, 1.82) is 0 Å². The lowest BCUT2D eigenvalue weighted by molar-refractivity contribution is 0.821. The van der Waals surface area contributed by atoms with E-state index in [0.29, 0.717) is 5.02 Å². The second-order valence-corrected chi connectivity index (χ2v) is 3.93. The lowest BCUT2D eigenvalue weighted by Gasteiger charge is -2.12. The number of anilines is 1. The van der Waals surface area contributed by atoms with Crippen molar-refractivity contribution >= 4 is 17.4 Å². The first-order valence-corrected chi connectivity index (χ1v) is 4.46. The van der Waals surface area contributed by atoms with E-state index in [9.17, 15) is 0 Å². The first-order chi connectivity index (χ1) is 5.70. The van der Waals surface area contributed by atoms with Crippen LogP contribution in [0, 0.1) is 0 Å². The maximum atomic E-state index is 5.93. The van der Waals surface area contributed by atoms with Crippen LogP contribution in [0.3, 0.4) is 0 Å². The molecule has 1 N–H and O–H groups in total. The Labute approximate surface area is 77.0 Å². The molecule has 1 heterocycles. The summed E-state index contributed by atoms with van der Waals surface area (Å²) in [5.41, 5.74) is 0.248. The fourth-order valence-electron chi connectivity index (χ4n) is 1.08. The molecule has 0 radical (unpaired) electrons. The molecule has 1 fully saturated rings. The smallest absolute Gasteiger partial charge is 0.145 e. The van der Waals surface area contributed by atoms with Gasteiger partial charge in [0.05, 0.1) is 5.02 Å². The molecule has 3 heteroatoms. The Kier molecular flexibility index (Phi) is 1.72. The highest BCUT2D eigenvalue weighted by atomic mass is 35.5. The van der Waals surface area contributed by atoms with Gasteiger partial charge in [0.25, 0.3) is 0 Å². The average molecular weight is 183 g/mol. The van der Waals surface area contributed by atoms with E-state index in [2.05, 4.69) is 17.2 Å². The lowest BCUT2D eigenvalue weighted by Crippen LogP contribution is -2.16. The topological polar surface area (TPSA) is 24.9 Å². The largest absolute Gasteiger partial charge is 0.364 e. The average Bonchev–Trinajstić information content (AvgIpc) is 2.74. The van der Waals surface area contributed by atoms with Crippen molar-refractivity contribution in [3.8, 4) is 0 Å². The van der Waals surface area contributed by atoms with Gasteiger partial charge in [0.15, 0.2) is 0 Å². The van der Waals surface area contributed by atoms with Gasteiger partial charge < -0.3 is 5.32 Å². The first-order valence-electron chi connectivity index (χ1n) is 4.08. The number of nitrogens with one attached hydrogen (secondary N) is 1. The van der Waals surface area contributed by atoms with Gasteiger partial charge in [0.2, 0.25) is 0 Å². The molecular weight excluding hydrogens is 172 g/mol. The van der Waals surface area contributed by atoms with Gasteiger partial charge >= 0.3 is 0 Å². The molecule has 12 heavy (non-hydrogen) atoms. The molecule has 1 aromatic heterocycles. The van der Waals surface area contributed by atoms with E-state index in [0.717, 1.165) is 5.82 Å². The summed E-state index contributed by atoms with van der Waals surface area (Å²) in [5, 5.41) is 4.02. The predicted molar refractivity (Wildman–Crippen MR) is 50.5 cm³/mol. The van der Waals surface area contributed by atoms with E-state index >= 15 is 0 Å². The van der Waals surface area contributed by atoms with Crippen molar-refractivity contribution in [2.24, 2.45) is 0 Å². The number of nitrogens with zero attached hydrogens (tertiary/aromatic N) is 1. The van der Waals surface area contributed by atoms with Gasteiger partial charge in [-0.05, 0) is 31.9 Å². The number of hydrogen-bond donors (Lipinski definition) is 1. The molecule has 0 unspecified atom stereocenters. The molecule has 1 saturated carbocycles. The van der Waals surface area contributed by atoms with Crippen LogP contribution in [0.2, 0.25) is 5.02 Å². The zero-order chi connectivity index (χ0) is 8.60. The molecule has 0 aromatic carbocycles. The highest BCUT2D eigenvalue weighted by molar-refractivity contribution is 6.32. The fraction of sp³-hybridized carbons (Fsp3) is 0.444. The third-order valence-electron chi connectivity index (χ3n) is 2.18. The zero-order valence-electron chi connectivity index (χ0n) is 6.97. The van der Waals surface area contributed by atoms with Gasteiger partial charge in [0.1, 0.15) is 5.82 Å². The SMILES string of the molecule is CC1(Nc2ncccc2Cl)CC1. The first kappa shape index (κ1) is 7.87. The number of pyridine rings is 1. The second-order valence-electron chi connectivity index (χ2n) is 3.52.